The van der Waals surface area contributed by atoms with E-state index in [0.29, 0.717) is 23.5 Å². The third-order valence-corrected chi connectivity index (χ3v) is 4.94. The van der Waals surface area contributed by atoms with E-state index in [1.807, 2.05) is 23.1 Å². The van der Waals surface area contributed by atoms with Crippen molar-refractivity contribution < 1.29 is 4.79 Å². The zero-order valence-corrected chi connectivity index (χ0v) is 15.3. The molecule has 0 saturated carbocycles. The molecule has 1 aromatic heterocycles. The summed E-state index contributed by atoms with van der Waals surface area (Å²) in [6.07, 6.45) is 1.96. The molecular weight excluding hydrogens is 314 g/mol. The first kappa shape index (κ1) is 17.7. The smallest absolute Gasteiger partial charge is 0.270 e. The number of benzene rings is 1. The molecule has 1 aliphatic heterocycles. The van der Waals surface area contributed by atoms with Crippen LogP contribution < -0.4 is 5.56 Å². The summed E-state index contributed by atoms with van der Waals surface area (Å²) in [6.45, 7) is 6.96. The van der Waals surface area contributed by atoms with E-state index in [0.717, 1.165) is 31.3 Å². The minimum atomic E-state index is -0.200. The van der Waals surface area contributed by atoms with Gasteiger partial charge in [0.15, 0.2) is 0 Å². The van der Waals surface area contributed by atoms with Crippen molar-refractivity contribution in [1.82, 2.24) is 14.8 Å². The number of carbonyl (C=O) groups is 1. The third kappa shape index (κ3) is 3.93. The second-order valence-electron chi connectivity index (χ2n) is 7.49. The molecule has 1 N–H and O–H groups in total. The number of H-pyrrole nitrogens is 1. The first-order valence-electron chi connectivity index (χ1n) is 9.07. The molecule has 1 saturated heterocycles. The van der Waals surface area contributed by atoms with E-state index in [4.69, 9.17) is 0 Å². The Hall–Kier alpha value is -2.14. The summed E-state index contributed by atoms with van der Waals surface area (Å²) < 4.78 is 0. The van der Waals surface area contributed by atoms with Gasteiger partial charge in [0.1, 0.15) is 5.69 Å². The van der Waals surface area contributed by atoms with Crippen LogP contribution in [0.3, 0.4) is 0 Å². The van der Waals surface area contributed by atoms with Gasteiger partial charge in [-0.3, -0.25) is 9.59 Å². The predicted molar refractivity (Wildman–Crippen MR) is 101 cm³/mol. The Labute approximate surface area is 148 Å². The van der Waals surface area contributed by atoms with Crippen molar-refractivity contribution in [2.45, 2.75) is 32.7 Å². The lowest BCUT2D eigenvalue weighted by molar-refractivity contribution is 0.0553. The zero-order chi connectivity index (χ0) is 18.0. The second kappa shape index (κ2) is 7.40. The number of nitrogens with one attached hydrogen (secondary N) is 1. The summed E-state index contributed by atoms with van der Waals surface area (Å²) in [5.41, 5.74) is 0.192. The molecule has 0 unspecified atom stereocenters. The number of rotatable bonds is 4. The van der Waals surface area contributed by atoms with Crippen LogP contribution in [-0.4, -0.2) is 53.4 Å². The van der Waals surface area contributed by atoms with E-state index in [1.165, 1.54) is 0 Å². The summed E-state index contributed by atoms with van der Waals surface area (Å²) >= 11 is 0. The van der Waals surface area contributed by atoms with Gasteiger partial charge in [0, 0.05) is 18.0 Å². The van der Waals surface area contributed by atoms with Crippen LogP contribution in [0.5, 0.6) is 0 Å². The van der Waals surface area contributed by atoms with Crippen molar-refractivity contribution in [1.29, 1.82) is 0 Å². The van der Waals surface area contributed by atoms with Gasteiger partial charge in [-0.1, -0.05) is 32.0 Å². The van der Waals surface area contributed by atoms with E-state index in [9.17, 15) is 9.59 Å². The summed E-state index contributed by atoms with van der Waals surface area (Å²) in [5.74, 6) is 0.321. The number of pyridine rings is 1. The topological polar surface area (TPSA) is 56.4 Å². The number of aromatic amines is 1. The molecule has 0 aliphatic carbocycles. The van der Waals surface area contributed by atoms with Gasteiger partial charge < -0.3 is 14.8 Å². The van der Waals surface area contributed by atoms with Gasteiger partial charge in [-0.25, -0.2) is 0 Å². The Bertz CT molecular complexity index is 804. The molecule has 3 rings (SSSR count). The van der Waals surface area contributed by atoms with Crippen molar-refractivity contribution in [2.24, 2.45) is 5.92 Å². The highest BCUT2D eigenvalue weighted by molar-refractivity contribution is 5.96. The maximum atomic E-state index is 13.2. The average Bonchev–Trinajstić information content (AvgIpc) is 2.60. The van der Waals surface area contributed by atoms with E-state index >= 15 is 0 Å². The number of likely N-dealkylation sites (tertiary alicyclic amines) is 1. The number of nitrogens with zero attached hydrogens (tertiary/aromatic N) is 2. The van der Waals surface area contributed by atoms with Crippen LogP contribution in [0, 0.1) is 5.92 Å². The fourth-order valence-electron chi connectivity index (χ4n) is 3.58. The molecule has 0 spiro atoms. The van der Waals surface area contributed by atoms with Crippen LogP contribution in [0.1, 0.15) is 37.2 Å². The van der Waals surface area contributed by atoms with Gasteiger partial charge in [0.2, 0.25) is 0 Å². The highest BCUT2D eigenvalue weighted by atomic mass is 16.2. The maximum absolute atomic E-state index is 13.2. The van der Waals surface area contributed by atoms with Crippen LogP contribution in [-0.2, 0) is 0 Å². The lowest BCUT2D eigenvalue weighted by Gasteiger charge is -2.38. The molecule has 1 aromatic carbocycles. The van der Waals surface area contributed by atoms with Gasteiger partial charge >= 0.3 is 0 Å². The fraction of sp³-hybridized carbons (Fsp3) is 0.500. The quantitative estimate of drug-likeness (QED) is 0.930. The molecule has 25 heavy (non-hydrogen) atoms. The number of hydrogen-bond donors (Lipinski definition) is 1. The minimum absolute atomic E-state index is 0.0638. The molecule has 5 nitrogen and oxygen atoms in total. The van der Waals surface area contributed by atoms with Crippen LogP contribution in [0.4, 0.5) is 0 Å². The molecule has 2 heterocycles. The van der Waals surface area contributed by atoms with E-state index in [2.05, 4.69) is 30.8 Å². The normalized spacial score (nSPS) is 16.5. The van der Waals surface area contributed by atoms with E-state index in [-0.39, 0.29) is 17.5 Å². The highest BCUT2D eigenvalue weighted by Gasteiger charge is 2.28. The zero-order valence-electron chi connectivity index (χ0n) is 15.3. The van der Waals surface area contributed by atoms with Crippen LogP contribution >= 0.6 is 0 Å². The van der Waals surface area contributed by atoms with Gasteiger partial charge in [-0.05, 0) is 56.4 Å². The van der Waals surface area contributed by atoms with Crippen molar-refractivity contribution >= 4 is 16.7 Å². The molecule has 0 bridgehead atoms. The molecule has 1 amide bonds. The number of amides is 1. The van der Waals surface area contributed by atoms with Crippen LogP contribution in [0.25, 0.3) is 10.8 Å². The third-order valence-electron chi connectivity index (χ3n) is 4.94. The van der Waals surface area contributed by atoms with Gasteiger partial charge in [0.05, 0.1) is 0 Å². The lowest BCUT2D eigenvalue weighted by Crippen LogP contribution is -2.48. The van der Waals surface area contributed by atoms with Crippen LogP contribution in [0.15, 0.2) is 35.1 Å². The van der Waals surface area contributed by atoms with Gasteiger partial charge in [-0.15, -0.1) is 0 Å². The molecule has 1 aliphatic rings. The van der Waals surface area contributed by atoms with E-state index < -0.39 is 0 Å². The van der Waals surface area contributed by atoms with Crippen LogP contribution in [0.2, 0.25) is 0 Å². The van der Waals surface area contributed by atoms with E-state index in [1.54, 1.807) is 12.1 Å². The Kier molecular flexibility index (Phi) is 5.23. The first-order valence-corrected chi connectivity index (χ1v) is 9.07. The molecule has 0 atom stereocenters. The van der Waals surface area contributed by atoms with Crippen molar-refractivity contribution in [2.75, 3.05) is 26.7 Å². The summed E-state index contributed by atoms with van der Waals surface area (Å²) in [7, 11) is 2.12. The minimum Gasteiger partial charge on any atom is -0.334 e. The number of aromatic nitrogens is 1. The van der Waals surface area contributed by atoms with Crippen molar-refractivity contribution in [3.63, 3.8) is 0 Å². The molecule has 2 aromatic rings. The molecule has 134 valence electrons. The maximum Gasteiger partial charge on any atom is 0.270 e. The monoisotopic (exact) mass is 341 g/mol. The lowest BCUT2D eigenvalue weighted by atomic mass is 10.0. The van der Waals surface area contributed by atoms with Crippen molar-refractivity contribution in [3.8, 4) is 0 Å². The van der Waals surface area contributed by atoms with Crippen molar-refractivity contribution in [3.05, 3.63) is 46.4 Å². The largest absolute Gasteiger partial charge is 0.334 e. The summed E-state index contributed by atoms with van der Waals surface area (Å²) in [4.78, 5) is 32.6. The number of piperidine rings is 1. The summed E-state index contributed by atoms with van der Waals surface area (Å²) in [5, 5.41) is 1.43. The second-order valence-corrected chi connectivity index (χ2v) is 7.49. The average molecular weight is 341 g/mol. The molecule has 1 fully saturated rings. The Morgan fingerprint density at radius 2 is 1.96 bits per heavy atom. The fourth-order valence-corrected chi connectivity index (χ4v) is 3.58. The molecule has 5 heteroatoms. The molecule has 0 radical (unpaired) electrons. The van der Waals surface area contributed by atoms with Gasteiger partial charge in [-0.2, -0.15) is 0 Å². The standard InChI is InChI=1S/C20H27N3O2/c1-14(2)13-23(16-8-10-22(3)11-9-16)20(25)18-12-15-6-4-5-7-17(15)19(24)21-18/h4-7,12,14,16H,8-11,13H2,1-3H3,(H,21,24). The highest BCUT2D eigenvalue weighted by Crippen LogP contribution is 2.20. The Morgan fingerprint density at radius 3 is 2.64 bits per heavy atom. The molecular formula is C20H27N3O2. The Balaban J connectivity index is 1.93. The number of carbonyl (C=O) groups excluding carboxylic acids is 1. The SMILES string of the molecule is CC(C)CN(C(=O)c1cc2ccccc2c(=O)[nH]1)C1CCN(C)CC1. The summed E-state index contributed by atoms with van der Waals surface area (Å²) in [6, 6.07) is 9.43. The predicted octanol–water partition coefficient (Wildman–Crippen LogP) is 2.72. The Morgan fingerprint density at radius 1 is 1.28 bits per heavy atom. The number of fused-ring (bicyclic) bond motifs is 1. The first-order chi connectivity index (χ1) is 12.0. The van der Waals surface area contributed by atoms with Gasteiger partial charge in [0.25, 0.3) is 11.5 Å². The number of hydrogen-bond acceptors (Lipinski definition) is 3.